The molecule has 0 spiro atoms. The van der Waals surface area contributed by atoms with Gasteiger partial charge >= 0.3 is 5.97 Å². The lowest BCUT2D eigenvalue weighted by molar-refractivity contribution is -0.147. The average Bonchev–Trinajstić information content (AvgIpc) is 2.61. The standard InChI is InChI=1S/C19H27NO4/c1-3-6-15-7-4-5-8-18(15)24-14-17(21)13-20-11-9-16(10-12-20)19(22)23-2/h3-5,7-8,16-17,21H,1,6,9-14H2,2H3. The van der Waals surface area contributed by atoms with Crippen molar-refractivity contribution in [2.75, 3.05) is 33.4 Å². The number of hydrogen-bond donors (Lipinski definition) is 1. The molecule has 0 aliphatic carbocycles. The Labute approximate surface area is 143 Å². The molecule has 1 heterocycles. The van der Waals surface area contributed by atoms with Gasteiger partial charge in [0.25, 0.3) is 0 Å². The number of piperidine rings is 1. The van der Waals surface area contributed by atoms with Crippen molar-refractivity contribution in [1.29, 1.82) is 0 Å². The van der Waals surface area contributed by atoms with Crippen LogP contribution in [-0.4, -0.2) is 55.4 Å². The Morgan fingerprint density at radius 3 is 2.79 bits per heavy atom. The van der Waals surface area contributed by atoms with Crippen molar-refractivity contribution in [2.24, 2.45) is 5.92 Å². The Balaban J connectivity index is 1.75. The van der Waals surface area contributed by atoms with Crippen LogP contribution in [0.5, 0.6) is 5.75 Å². The summed E-state index contributed by atoms with van der Waals surface area (Å²) >= 11 is 0. The van der Waals surface area contributed by atoms with Crippen molar-refractivity contribution in [3.63, 3.8) is 0 Å². The maximum absolute atomic E-state index is 11.5. The van der Waals surface area contributed by atoms with Gasteiger partial charge in [-0.1, -0.05) is 24.3 Å². The van der Waals surface area contributed by atoms with E-state index in [-0.39, 0.29) is 18.5 Å². The maximum atomic E-state index is 11.5. The minimum atomic E-state index is -0.559. The van der Waals surface area contributed by atoms with Crippen molar-refractivity contribution < 1.29 is 19.4 Å². The fourth-order valence-corrected chi connectivity index (χ4v) is 3.02. The molecule has 1 aliphatic rings. The fourth-order valence-electron chi connectivity index (χ4n) is 3.02. The Morgan fingerprint density at radius 1 is 1.42 bits per heavy atom. The molecule has 1 N–H and O–H groups in total. The van der Waals surface area contributed by atoms with Crippen LogP contribution in [0.1, 0.15) is 18.4 Å². The van der Waals surface area contributed by atoms with Gasteiger partial charge in [0.2, 0.25) is 0 Å². The fraction of sp³-hybridized carbons (Fsp3) is 0.526. The summed E-state index contributed by atoms with van der Waals surface area (Å²) in [5, 5.41) is 10.2. The highest BCUT2D eigenvalue weighted by molar-refractivity contribution is 5.72. The summed E-state index contributed by atoms with van der Waals surface area (Å²) in [5.74, 6) is 0.656. The van der Waals surface area contributed by atoms with Crippen molar-refractivity contribution >= 4 is 5.97 Å². The second-order valence-corrected chi connectivity index (χ2v) is 6.16. The number of rotatable bonds is 8. The summed E-state index contributed by atoms with van der Waals surface area (Å²) in [7, 11) is 1.43. The highest BCUT2D eigenvalue weighted by Crippen LogP contribution is 2.20. The van der Waals surface area contributed by atoms with Gasteiger partial charge in [-0.25, -0.2) is 0 Å². The molecular formula is C19H27NO4. The second kappa shape index (κ2) is 9.45. The lowest BCUT2D eigenvalue weighted by atomic mass is 9.97. The lowest BCUT2D eigenvalue weighted by Gasteiger charge is -2.31. The van der Waals surface area contributed by atoms with Crippen LogP contribution in [0.25, 0.3) is 0 Å². The van der Waals surface area contributed by atoms with E-state index in [4.69, 9.17) is 9.47 Å². The van der Waals surface area contributed by atoms with E-state index in [1.807, 2.05) is 30.3 Å². The molecule has 0 bridgehead atoms. The van der Waals surface area contributed by atoms with Gasteiger partial charge in [-0.2, -0.15) is 0 Å². The number of nitrogens with zero attached hydrogens (tertiary/aromatic N) is 1. The molecule has 1 aliphatic heterocycles. The largest absolute Gasteiger partial charge is 0.491 e. The molecule has 0 saturated carbocycles. The van der Waals surface area contributed by atoms with Gasteiger partial charge in [0.1, 0.15) is 18.5 Å². The lowest BCUT2D eigenvalue weighted by Crippen LogP contribution is -2.42. The Kier molecular flexibility index (Phi) is 7.28. The molecule has 24 heavy (non-hydrogen) atoms. The molecule has 1 atom stereocenters. The van der Waals surface area contributed by atoms with E-state index in [9.17, 15) is 9.90 Å². The third-order valence-corrected chi connectivity index (χ3v) is 4.36. The summed E-state index contributed by atoms with van der Waals surface area (Å²) in [4.78, 5) is 13.7. The quantitative estimate of drug-likeness (QED) is 0.583. The number of aliphatic hydroxyl groups excluding tert-OH is 1. The number of likely N-dealkylation sites (tertiary alicyclic amines) is 1. The number of hydrogen-bond acceptors (Lipinski definition) is 5. The minimum Gasteiger partial charge on any atom is -0.491 e. The van der Waals surface area contributed by atoms with Crippen molar-refractivity contribution in [3.05, 3.63) is 42.5 Å². The summed E-state index contributed by atoms with van der Waals surface area (Å²) in [5.41, 5.74) is 1.07. The van der Waals surface area contributed by atoms with E-state index in [2.05, 4.69) is 11.5 Å². The normalized spacial score (nSPS) is 17.2. The summed E-state index contributed by atoms with van der Waals surface area (Å²) in [6, 6.07) is 7.80. The number of ether oxygens (including phenoxy) is 2. The Hall–Kier alpha value is -1.85. The first-order valence-electron chi connectivity index (χ1n) is 8.44. The summed E-state index contributed by atoms with van der Waals surface area (Å²) in [6.45, 7) is 6.15. The van der Waals surface area contributed by atoms with E-state index in [0.717, 1.165) is 43.7 Å². The van der Waals surface area contributed by atoms with Gasteiger partial charge in [-0.05, 0) is 44.0 Å². The van der Waals surface area contributed by atoms with E-state index < -0.39 is 6.10 Å². The molecular weight excluding hydrogens is 306 g/mol. The van der Waals surface area contributed by atoms with Gasteiger partial charge in [0.05, 0.1) is 13.0 Å². The summed E-state index contributed by atoms with van der Waals surface area (Å²) in [6.07, 6.45) is 3.58. The van der Waals surface area contributed by atoms with Crippen LogP contribution in [0, 0.1) is 5.92 Å². The third kappa shape index (κ3) is 5.35. The molecule has 0 amide bonds. The number of carbonyl (C=O) groups is 1. The molecule has 1 unspecified atom stereocenters. The molecule has 132 valence electrons. The highest BCUT2D eigenvalue weighted by atomic mass is 16.5. The predicted molar refractivity (Wildman–Crippen MR) is 93.0 cm³/mol. The minimum absolute atomic E-state index is 0.00887. The first-order valence-corrected chi connectivity index (χ1v) is 8.44. The van der Waals surface area contributed by atoms with Gasteiger partial charge in [0.15, 0.2) is 0 Å². The molecule has 5 heteroatoms. The van der Waals surface area contributed by atoms with E-state index in [1.165, 1.54) is 7.11 Å². The highest BCUT2D eigenvalue weighted by Gasteiger charge is 2.26. The number of allylic oxidation sites excluding steroid dienone is 1. The maximum Gasteiger partial charge on any atom is 0.308 e. The van der Waals surface area contributed by atoms with Crippen LogP contribution in [0.2, 0.25) is 0 Å². The molecule has 0 radical (unpaired) electrons. The predicted octanol–water partition coefficient (Wildman–Crippen LogP) is 2.04. The van der Waals surface area contributed by atoms with Crippen molar-refractivity contribution in [3.8, 4) is 5.75 Å². The monoisotopic (exact) mass is 333 g/mol. The Morgan fingerprint density at radius 2 is 2.12 bits per heavy atom. The first kappa shape index (κ1) is 18.5. The average molecular weight is 333 g/mol. The van der Waals surface area contributed by atoms with E-state index in [0.29, 0.717) is 6.54 Å². The van der Waals surface area contributed by atoms with Crippen LogP contribution in [-0.2, 0) is 16.0 Å². The number of para-hydroxylation sites is 1. The van der Waals surface area contributed by atoms with Crippen LogP contribution in [0.4, 0.5) is 0 Å². The van der Waals surface area contributed by atoms with Crippen LogP contribution >= 0.6 is 0 Å². The second-order valence-electron chi connectivity index (χ2n) is 6.16. The number of carbonyl (C=O) groups excluding carboxylic acids is 1. The summed E-state index contributed by atoms with van der Waals surface area (Å²) < 4.78 is 10.6. The number of benzene rings is 1. The van der Waals surface area contributed by atoms with Gasteiger partial charge in [-0.3, -0.25) is 4.79 Å². The van der Waals surface area contributed by atoms with Crippen LogP contribution < -0.4 is 4.74 Å². The molecule has 2 rings (SSSR count). The molecule has 1 aromatic carbocycles. The first-order chi connectivity index (χ1) is 11.6. The number of esters is 1. The van der Waals surface area contributed by atoms with Crippen LogP contribution in [0.3, 0.4) is 0 Å². The zero-order valence-electron chi connectivity index (χ0n) is 14.3. The van der Waals surface area contributed by atoms with Gasteiger partial charge < -0.3 is 19.5 Å². The molecule has 1 aromatic rings. The number of β-amino-alcohol motifs (C(OH)–C–C–N with tert-alkyl or cyclic N) is 1. The smallest absolute Gasteiger partial charge is 0.308 e. The third-order valence-electron chi connectivity index (χ3n) is 4.36. The topological polar surface area (TPSA) is 59.0 Å². The number of aliphatic hydroxyl groups is 1. The molecule has 1 fully saturated rings. The Bertz CT molecular complexity index is 538. The zero-order chi connectivity index (χ0) is 17.4. The zero-order valence-corrected chi connectivity index (χ0v) is 14.3. The molecule has 0 aromatic heterocycles. The van der Waals surface area contributed by atoms with E-state index in [1.54, 1.807) is 0 Å². The van der Waals surface area contributed by atoms with Crippen molar-refractivity contribution in [1.82, 2.24) is 4.90 Å². The van der Waals surface area contributed by atoms with Crippen molar-refractivity contribution in [2.45, 2.75) is 25.4 Å². The van der Waals surface area contributed by atoms with Gasteiger partial charge in [-0.15, -0.1) is 6.58 Å². The molecule has 1 saturated heterocycles. The SMILES string of the molecule is C=CCc1ccccc1OCC(O)CN1CCC(C(=O)OC)CC1. The number of methoxy groups -OCH3 is 1. The molecule has 5 nitrogen and oxygen atoms in total. The van der Waals surface area contributed by atoms with Crippen LogP contribution in [0.15, 0.2) is 36.9 Å². The van der Waals surface area contributed by atoms with Gasteiger partial charge in [0, 0.05) is 6.54 Å². The van der Waals surface area contributed by atoms with E-state index >= 15 is 0 Å².